The van der Waals surface area contributed by atoms with Gasteiger partial charge in [0, 0.05) is 38.0 Å². The monoisotopic (exact) mass is 585 g/mol. The number of anilines is 1. The number of rotatable bonds is 14. The van der Waals surface area contributed by atoms with Crippen LogP contribution in [0.4, 0.5) is 5.69 Å². The Morgan fingerprint density at radius 1 is 0.975 bits per heavy atom. The Morgan fingerprint density at radius 2 is 1.62 bits per heavy atom. The molecule has 0 radical (unpaired) electrons. The topological polar surface area (TPSA) is 96.0 Å². The Bertz CT molecular complexity index is 1370. The number of halogens is 1. The number of hydrogen-bond acceptors (Lipinski definition) is 5. The van der Waals surface area contributed by atoms with Crippen molar-refractivity contribution in [3.8, 4) is 5.75 Å². The van der Waals surface area contributed by atoms with E-state index in [9.17, 15) is 18.0 Å². The minimum absolute atomic E-state index is 0.0375. The SMILES string of the molecule is CCOc1ccc(N(CCCC(=O)N(Cc2ccccc2Cl)C(Cc2ccccc2)C(=O)NC)S(C)(=O)=O)cc1. The number of hydrogen-bond donors (Lipinski definition) is 1. The standard InChI is InChI=1S/C30H36ClN3O5S/c1-4-39-26-18-16-25(17-19-26)34(40(3,37)38)20-10-15-29(35)33(22-24-13-8-9-14-27(24)31)28(30(36)32-2)21-23-11-6-5-7-12-23/h5-9,11-14,16-19,28H,4,10,15,20-22H2,1-3H3,(H,32,36). The van der Waals surface area contributed by atoms with E-state index >= 15 is 0 Å². The van der Waals surface area contributed by atoms with Crippen LogP contribution in [0.1, 0.15) is 30.9 Å². The lowest BCUT2D eigenvalue weighted by Crippen LogP contribution is -2.49. The molecule has 0 saturated carbocycles. The fourth-order valence-corrected chi connectivity index (χ4v) is 5.57. The first kappa shape index (κ1) is 31.0. The second-order valence-electron chi connectivity index (χ2n) is 9.30. The molecule has 1 atom stereocenters. The van der Waals surface area contributed by atoms with Gasteiger partial charge in [-0.2, -0.15) is 0 Å². The summed E-state index contributed by atoms with van der Waals surface area (Å²) in [6.07, 6.45) is 1.74. The predicted octanol–water partition coefficient (Wildman–Crippen LogP) is 4.67. The van der Waals surface area contributed by atoms with Crippen LogP contribution in [-0.4, -0.2) is 57.6 Å². The Labute approximate surface area is 241 Å². The van der Waals surface area contributed by atoms with E-state index in [0.717, 1.165) is 11.8 Å². The maximum absolute atomic E-state index is 13.7. The van der Waals surface area contributed by atoms with E-state index in [4.69, 9.17) is 16.3 Å². The zero-order valence-electron chi connectivity index (χ0n) is 23.0. The summed E-state index contributed by atoms with van der Waals surface area (Å²) in [5, 5.41) is 3.18. The molecule has 0 aliphatic carbocycles. The van der Waals surface area contributed by atoms with Crippen molar-refractivity contribution in [1.82, 2.24) is 10.2 Å². The second kappa shape index (κ2) is 14.7. The van der Waals surface area contributed by atoms with Crippen molar-refractivity contribution in [1.29, 1.82) is 0 Å². The molecule has 0 spiro atoms. The van der Waals surface area contributed by atoms with E-state index < -0.39 is 16.1 Å². The maximum atomic E-state index is 13.7. The summed E-state index contributed by atoms with van der Waals surface area (Å²) in [5.74, 6) is 0.0738. The summed E-state index contributed by atoms with van der Waals surface area (Å²) < 4.78 is 31.9. The van der Waals surface area contributed by atoms with Crippen LogP contribution in [0.5, 0.6) is 5.75 Å². The summed E-state index contributed by atoms with van der Waals surface area (Å²) >= 11 is 6.43. The molecule has 214 valence electrons. The Kier molecular flexibility index (Phi) is 11.4. The summed E-state index contributed by atoms with van der Waals surface area (Å²) in [4.78, 5) is 28.3. The highest BCUT2D eigenvalue weighted by molar-refractivity contribution is 7.92. The van der Waals surface area contributed by atoms with E-state index in [1.54, 1.807) is 43.4 Å². The van der Waals surface area contributed by atoms with Gasteiger partial charge in [0.1, 0.15) is 11.8 Å². The first-order valence-electron chi connectivity index (χ1n) is 13.1. The fourth-order valence-electron chi connectivity index (χ4n) is 4.41. The normalized spacial score (nSPS) is 11.9. The average Bonchev–Trinajstić information content (AvgIpc) is 2.94. The van der Waals surface area contributed by atoms with Gasteiger partial charge in [-0.1, -0.05) is 60.1 Å². The van der Waals surface area contributed by atoms with Gasteiger partial charge in [0.15, 0.2) is 0 Å². The Morgan fingerprint density at radius 3 is 2.23 bits per heavy atom. The van der Waals surface area contributed by atoms with Gasteiger partial charge in [-0.3, -0.25) is 13.9 Å². The molecule has 1 unspecified atom stereocenters. The molecule has 8 nitrogen and oxygen atoms in total. The minimum Gasteiger partial charge on any atom is -0.494 e. The number of benzene rings is 3. The van der Waals surface area contributed by atoms with Gasteiger partial charge in [-0.25, -0.2) is 8.42 Å². The molecule has 0 saturated heterocycles. The molecular formula is C30H36ClN3O5S. The van der Waals surface area contributed by atoms with Crippen molar-refractivity contribution in [2.24, 2.45) is 0 Å². The molecule has 0 aliphatic rings. The highest BCUT2D eigenvalue weighted by atomic mass is 35.5. The molecule has 10 heteroatoms. The minimum atomic E-state index is -3.60. The van der Waals surface area contributed by atoms with Gasteiger partial charge in [0.2, 0.25) is 21.8 Å². The fraction of sp³-hybridized carbons (Fsp3) is 0.333. The largest absolute Gasteiger partial charge is 0.494 e. The number of nitrogens with zero attached hydrogens (tertiary/aromatic N) is 2. The predicted molar refractivity (Wildman–Crippen MR) is 159 cm³/mol. The molecule has 0 aliphatic heterocycles. The highest BCUT2D eigenvalue weighted by Gasteiger charge is 2.30. The molecule has 0 heterocycles. The van der Waals surface area contributed by atoms with Crippen molar-refractivity contribution < 1.29 is 22.7 Å². The summed E-state index contributed by atoms with van der Waals surface area (Å²) in [5.41, 5.74) is 2.11. The van der Waals surface area contributed by atoms with Crippen molar-refractivity contribution in [2.45, 2.75) is 38.8 Å². The third-order valence-electron chi connectivity index (χ3n) is 6.40. The Balaban J connectivity index is 1.83. The van der Waals surface area contributed by atoms with Crippen LogP contribution in [-0.2, 0) is 32.6 Å². The maximum Gasteiger partial charge on any atom is 0.242 e. The highest BCUT2D eigenvalue weighted by Crippen LogP contribution is 2.24. The lowest BCUT2D eigenvalue weighted by atomic mass is 10.0. The van der Waals surface area contributed by atoms with Gasteiger partial charge in [0.25, 0.3) is 0 Å². The van der Waals surface area contributed by atoms with Gasteiger partial charge in [-0.05, 0) is 54.8 Å². The third-order valence-corrected chi connectivity index (χ3v) is 7.97. The van der Waals surface area contributed by atoms with Gasteiger partial charge in [0.05, 0.1) is 18.6 Å². The molecule has 3 rings (SSSR count). The average molecular weight is 586 g/mol. The number of nitrogens with one attached hydrogen (secondary N) is 1. The molecule has 0 aromatic heterocycles. The van der Waals surface area contributed by atoms with Crippen molar-refractivity contribution in [3.63, 3.8) is 0 Å². The van der Waals surface area contributed by atoms with E-state index in [1.807, 2.05) is 49.4 Å². The number of amides is 2. The van der Waals surface area contributed by atoms with E-state index in [-0.39, 0.29) is 37.7 Å². The quantitative estimate of drug-likeness (QED) is 0.297. The first-order chi connectivity index (χ1) is 19.1. The van der Waals surface area contributed by atoms with Gasteiger partial charge >= 0.3 is 0 Å². The van der Waals surface area contributed by atoms with Crippen LogP contribution in [0.15, 0.2) is 78.9 Å². The molecule has 0 fully saturated rings. The van der Waals surface area contributed by atoms with Crippen LogP contribution < -0.4 is 14.4 Å². The van der Waals surface area contributed by atoms with Crippen molar-refractivity contribution in [3.05, 3.63) is 95.0 Å². The molecular weight excluding hydrogens is 550 g/mol. The van der Waals surface area contributed by atoms with Crippen LogP contribution in [0.2, 0.25) is 5.02 Å². The molecule has 40 heavy (non-hydrogen) atoms. The van der Waals surface area contributed by atoms with Crippen LogP contribution in [0.3, 0.4) is 0 Å². The zero-order valence-corrected chi connectivity index (χ0v) is 24.6. The molecule has 2 amide bonds. The van der Waals surface area contributed by atoms with Crippen LogP contribution in [0.25, 0.3) is 0 Å². The lowest BCUT2D eigenvalue weighted by molar-refractivity contribution is -0.141. The summed E-state index contributed by atoms with van der Waals surface area (Å²) in [6, 6.07) is 22.7. The number of carbonyl (C=O) groups excluding carboxylic acids is 2. The van der Waals surface area contributed by atoms with Crippen molar-refractivity contribution >= 4 is 39.1 Å². The number of sulfonamides is 1. The van der Waals surface area contributed by atoms with Crippen LogP contribution in [0, 0.1) is 0 Å². The molecule has 3 aromatic rings. The lowest BCUT2D eigenvalue weighted by Gasteiger charge is -2.32. The second-order valence-corrected chi connectivity index (χ2v) is 11.6. The van der Waals surface area contributed by atoms with E-state index in [2.05, 4.69) is 5.32 Å². The summed E-state index contributed by atoms with van der Waals surface area (Å²) in [6.45, 7) is 2.61. The number of carbonyl (C=O) groups is 2. The van der Waals surface area contributed by atoms with E-state index in [0.29, 0.717) is 35.1 Å². The molecule has 1 N–H and O–H groups in total. The van der Waals surface area contributed by atoms with E-state index in [1.165, 1.54) is 9.21 Å². The molecule has 3 aromatic carbocycles. The number of ether oxygens (including phenoxy) is 1. The van der Waals surface area contributed by atoms with Crippen LogP contribution >= 0.6 is 11.6 Å². The van der Waals surface area contributed by atoms with Crippen molar-refractivity contribution in [2.75, 3.05) is 30.8 Å². The van der Waals surface area contributed by atoms with Gasteiger partial charge in [-0.15, -0.1) is 0 Å². The third kappa shape index (κ3) is 8.72. The van der Waals surface area contributed by atoms with Gasteiger partial charge < -0.3 is 15.0 Å². The first-order valence-corrected chi connectivity index (χ1v) is 15.4. The zero-order chi connectivity index (χ0) is 29.1. The smallest absolute Gasteiger partial charge is 0.242 e. The molecule has 0 bridgehead atoms. The Hall–Kier alpha value is -3.56. The number of likely N-dealkylation sites (N-methyl/N-ethyl adjacent to an activating group) is 1. The summed E-state index contributed by atoms with van der Waals surface area (Å²) in [7, 11) is -2.06.